The number of hydrogen-bond donors (Lipinski definition) is 2. The Morgan fingerprint density at radius 3 is 3.03 bits per heavy atom. The number of pyridine rings is 1. The average Bonchev–Trinajstić information content (AvgIpc) is 3.22. The lowest BCUT2D eigenvalue weighted by atomic mass is 9.99. The Hall–Kier alpha value is -2.52. The van der Waals surface area contributed by atoms with Gasteiger partial charge in [0.05, 0.1) is 11.9 Å². The quantitative estimate of drug-likeness (QED) is 0.638. The third-order valence-corrected chi connectivity index (χ3v) is 6.15. The van der Waals surface area contributed by atoms with Gasteiger partial charge in [0.1, 0.15) is 10.6 Å². The van der Waals surface area contributed by atoms with Crippen LogP contribution < -0.4 is 16.2 Å². The maximum Gasteiger partial charge on any atom is 0.263 e. The van der Waals surface area contributed by atoms with Gasteiger partial charge in [0.15, 0.2) is 0 Å². The van der Waals surface area contributed by atoms with Crippen LogP contribution in [-0.2, 0) is 13.0 Å². The van der Waals surface area contributed by atoms with Crippen molar-refractivity contribution in [3.63, 3.8) is 0 Å². The number of carbonyl (C=O) groups is 1. The molecule has 0 saturated carbocycles. The molecule has 0 spiro atoms. The van der Waals surface area contributed by atoms with E-state index >= 15 is 0 Å². The molecule has 1 atom stereocenters. The van der Waals surface area contributed by atoms with Gasteiger partial charge in [0.2, 0.25) is 4.96 Å². The van der Waals surface area contributed by atoms with Crippen LogP contribution in [0, 0.1) is 19.8 Å². The highest BCUT2D eigenvalue weighted by Crippen LogP contribution is 2.14. The standard InChI is InChI=1S/C20H26N6O2S/c1-13-6-9-25(11-15-4-3-7-21-10-15)19(28)17(13)18(27)22-8-5-16-12-26-20(23-16)29-14(2)24-26/h6,9,12,15,21H,3-5,7-8,10-11H2,1-2H3,(H,22,27). The summed E-state index contributed by atoms with van der Waals surface area (Å²) in [5, 5.41) is 11.6. The van der Waals surface area contributed by atoms with E-state index in [2.05, 4.69) is 20.7 Å². The first-order chi connectivity index (χ1) is 14.0. The lowest BCUT2D eigenvalue weighted by Gasteiger charge is -2.23. The number of imidazole rings is 1. The van der Waals surface area contributed by atoms with Crippen molar-refractivity contribution in [1.82, 2.24) is 29.8 Å². The minimum absolute atomic E-state index is 0.213. The van der Waals surface area contributed by atoms with Gasteiger partial charge in [-0.05, 0) is 57.3 Å². The fourth-order valence-corrected chi connectivity index (χ4v) is 4.54. The summed E-state index contributed by atoms with van der Waals surface area (Å²) in [4.78, 5) is 31.0. The number of amides is 1. The lowest BCUT2D eigenvalue weighted by molar-refractivity contribution is 0.0951. The first kappa shape index (κ1) is 19.8. The van der Waals surface area contributed by atoms with Gasteiger partial charge < -0.3 is 15.2 Å². The van der Waals surface area contributed by atoms with Gasteiger partial charge in [-0.1, -0.05) is 11.3 Å². The molecule has 8 nitrogen and oxygen atoms in total. The fourth-order valence-electron chi connectivity index (χ4n) is 3.80. The van der Waals surface area contributed by atoms with Crippen LogP contribution >= 0.6 is 11.3 Å². The van der Waals surface area contributed by atoms with Crippen LogP contribution in [0.15, 0.2) is 23.3 Å². The highest BCUT2D eigenvalue weighted by molar-refractivity contribution is 7.16. The average molecular weight is 415 g/mol. The maximum absolute atomic E-state index is 12.9. The number of rotatable bonds is 6. The predicted octanol–water partition coefficient (Wildman–Crippen LogP) is 1.54. The molecular weight excluding hydrogens is 388 g/mol. The van der Waals surface area contributed by atoms with Gasteiger partial charge in [0.25, 0.3) is 11.5 Å². The number of hydrogen-bond acceptors (Lipinski definition) is 6. The van der Waals surface area contributed by atoms with Crippen LogP contribution in [0.2, 0.25) is 0 Å². The second kappa shape index (κ2) is 8.46. The van der Waals surface area contributed by atoms with E-state index in [-0.39, 0.29) is 17.0 Å². The molecule has 3 aromatic heterocycles. The van der Waals surface area contributed by atoms with Crippen molar-refractivity contribution >= 4 is 22.2 Å². The van der Waals surface area contributed by atoms with Crippen molar-refractivity contribution < 1.29 is 4.79 Å². The number of nitrogens with zero attached hydrogens (tertiary/aromatic N) is 4. The van der Waals surface area contributed by atoms with Crippen LogP contribution in [0.5, 0.6) is 0 Å². The van der Waals surface area contributed by atoms with Gasteiger partial charge in [-0.25, -0.2) is 9.50 Å². The van der Waals surface area contributed by atoms with E-state index in [4.69, 9.17) is 0 Å². The minimum Gasteiger partial charge on any atom is -0.351 e. The Morgan fingerprint density at radius 1 is 1.41 bits per heavy atom. The third-order valence-electron chi connectivity index (χ3n) is 5.32. The molecule has 1 aliphatic rings. The van der Waals surface area contributed by atoms with Gasteiger partial charge in [-0.3, -0.25) is 9.59 Å². The topological polar surface area (TPSA) is 93.3 Å². The zero-order valence-electron chi connectivity index (χ0n) is 16.8. The Balaban J connectivity index is 1.41. The predicted molar refractivity (Wildman–Crippen MR) is 113 cm³/mol. The van der Waals surface area contributed by atoms with Gasteiger partial charge in [0, 0.05) is 25.7 Å². The zero-order valence-corrected chi connectivity index (χ0v) is 17.6. The molecule has 3 aromatic rings. The van der Waals surface area contributed by atoms with E-state index in [0.29, 0.717) is 31.0 Å². The third kappa shape index (κ3) is 4.40. The number of aromatic nitrogens is 4. The number of aryl methyl sites for hydroxylation is 2. The van der Waals surface area contributed by atoms with Crippen molar-refractivity contribution in [2.45, 2.75) is 39.7 Å². The molecule has 0 aliphatic carbocycles. The van der Waals surface area contributed by atoms with Crippen molar-refractivity contribution in [1.29, 1.82) is 0 Å². The van der Waals surface area contributed by atoms with Crippen molar-refractivity contribution in [3.8, 4) is 0 Å². The normalized spacial score (nSPS) is 17.0. The molecule has 0 radical (unpaired) electrons. The molecule has 0 bridgehead atoms. The second-order valence-electron chi connectivity index (χ2n) is 7.63. The Kier molecular flexibility index (Phi) is 5.77. The van der Waals surface area contributed by atoms with Crippen LogP contribution in [0.3, 0.4) is 0 Å². The van der Waals surface area contributed by atoms with Crippen molar-refractivity contribution in [2.75, 3.05) is 19.6 Å². The van der Waals surface area contributed by atoms with Gasteiger partial charge in [-0.2, -0.15) is 5.10 Å². The summed E-state index contributed by atoms with van der Waals surface area (Å²) >= 11 is 1.53. The van der Waals surface area contributed by atoms with Crippen molar-refractivity contribution in [2.24, 2.45) is 5.92 Å². The Labute approximate surface area is 173 Å². The largest absolute Gasteiger partial charge is 0.351 e. The van der Waals surface area contributed by atoms with Crippen LogP contribution in [0.1, 0.15) is 39.5 Å². The molecule has 9 heteroatoms. The highest BCUT2D eigenvalue weighted by Gasteiger charge is 2.19. The molecule has 1 unspecified atom stereocenters. The molecule has 4 heterocycles. The van der Waals surface area contributed by atoms with E-state index in [9.17, 15) is 9.59 Å². The zero-order chi connectivity index (χ0) is 20.4. The molecule has 1 fully saturated rings. The summed E-state index contributed by atoms with van der Waals surface area (Å²) < 4.78 is 3.44. The number of nitrogens with one attached hydrogen (secondary N) is 2. The molecule has 2 N–H and O–H groups in total. The molecule has 0 aromatic carbocycles. The summed E-state index contributed by atoms with van der Waals surface area (Å²) in [7, 11) is 0. The fraction of sp³-hybridized carbons (Fsp3) is 0.500. The van der Waals surface area contributed by atoms with Gasteiger partial charge >= 0.3 is 0 Å². The number of carbonyl (C=O) groups excluding carboxylic acids is 1. The maximum atomic E-state index is 12.9. The number of fused-ring (bicyclic) bond motifs is 1. The number of piperidine rings is 1. The Morgan fingerprint density at radius 2 is 2.28 bits per heavy atom. The van der Waals surface area contributed by atoms with E-state index in [1.807, 2.05) is 19.2 Å². The molecular formula is C20H26N6O2S. The summed E-state index contributed by atoms with van der Waals surface area (Å²) in [5.41, 5.74) is 1.60. The highest BCUT2D eigenvalue weighted by atomic mass is 32.1. The van der Waals surface area contributed by atoms with E-state index < -0.39 is 0 Å². The first-order valence-electron chi connectivity index (χ1n) is 10.0. The summed E-state index contributed by atoms with van der Waals surface area (Å²) in [6.07, 6.45) is 6.50. The second-order valence-corrected chi connectivity index (χ2v) is 8.79. The van der Waals surface area contributed by atoms with E-state index in [0.717, 1.165) is 41.6 Å². The van der Waals surface area contributed by atoms with E-state index in [1.165, 1.54) is 11.3 Å². The molecule has 154 valence electrons. The Bertz CT molecular complexity index is 1050. The summed E-state index contributed by atoms with van der Waals surface area (Å²) in [5.74, 6) is 0.103. The molecule has 1 amide bonds. The summed E-state index contributed by atoms with van der Waals surface area (Å²) in [6.45, 7) is 6.77. The monoisotopic (exact) mass is 414 g/mol. The summed E-state index contributed by atoms with van der Waals surface area (Å²) in [6, 6.07) is 1.85. The van der Waals surface area contributed by atoms with Crippen LogP contribution in [0.4, 0.5) is 0 Å². The molecule has 29 heavy (non-hydrogen) atoms. The molecule has 1 saturated heterocycles. The van der Waals surface area contributed by atoms with Gasteiger partial charge in [-0.15, -0.1) is 0 Å². The SMILES string of the molecule is Cc1nn2cc(CCNC(=O)c3c(C)ccn(CC4CCCNC4)c3=O)nc2s1. The van der Waals surface area contributed by atoms with Crippen LogP contribution in [-0.4, -0.2) is 44.7 Å². The molecule has 4 rings (SSSR count). The lowest BCUT2D eigenvalue weighted by Crippen LogP contribution is -2.38. The first-order valence-corrected chi connectivity index (χ1v) is 10.8. The molecule has 1 aliphatic heterocycles. The van der Waals surface area contributed by atoms with Crippen LogP contribution in [0.25, 0.3) is 4.96 Å². The van der Waals surface area contributed by atoms with E-state index in [1.54, 1.807) is 22.2 Å². The smallest absolute Gasteiger partial charge is 0.263 e. The minimum atomic E-state index is -0.321. The van der Waals surface area contributed by atoms with Crippen molar-refractivity contribution in [3.05, 3.63) is 50.6 Å².